The molecule has 0 saturated carbocycles. The van der Waals surface area contributed by atoms with Gasteiger partial charge in [0, 0.05) is 30.1 Å². The Labute approximate surface area is 93.5 Å². The van der Waals surface area contributed by atoms with Crippen LogP contribution in [0.25, 0.3) is 0 Å². The lowest BCUT2D eigenvalue weighted by atomic mass is 10.1. The topological polar surface area (TPSA) is 77.0 Å². The number of aliphatic hydroxyl groups is 1. The second-order valence-corrected chi connectivity index (χ2v) is 3.74. The van der Waals surface area contributed by atoms with Crippen molar-refractivity contribution in [1.82, 2.24) is 14.8 Å². The molecule has 1 atom stereocenters. The summed E-state index contributed by atoms with van der Waals surface area (Å²) in [4.78, 5) is 4.13. The number of aromatic nitrogens is 3. The van der Waals surface area contributed by atoms with Gasteiger partial charge >= 0.3 is 0 Å². The molecule has 0 spiro atoms. The summed E-state index contributed by atoms with van der Waals surface area (Å²) in [6.45, 7) is 1.90. The standard InChI is InChI=1S/C11H14N4O/c1-7-3-4-8(5-13-7)10(16)9-6-14-15(2)11(9)12/h3-6,10,16H,12H2,1-2H3. The number of anilines is 1. The maximum atomic E-state index is 10.1. The Morgan fingerprint density at radius 1 is 1.38 bits per heavy atom. The van der Waals surface area contributed by atoms with Crippen LogP contribution in [0.3, 0.4) is 0 Å². The Bertz CT molecular complexity index is 489. The maximum Gasteiger partial charge on any atom is 0.127 e. The summed E-state index contributed by atoms with van der Waals surface area (Å²) in [7, 11) is 1.74. The van der Waals surface area contributed by atoms with E-state index < -0.39 is 6.10 Å². The molecule has 0 amide bonds. The highest BCUT2D eigenvalue weighted by atomic mass is 16.3. The number of aryl methyl sites for hydroxylation is 2. The largest absolute Gasteiger partial charge is 0.384 e. The highest BCUT2D eigenvalue weighted by molar-refractivity contribution is 5.43. The van der Waals surface area contributed by atoms with Crippen molar-refractivity contribution in [3.05, 3.63) is 41.3 Å². The zero-order valence-electron chi connectivity index (χ0n) is 9.25. The van der Waals surface area contributed by atoms with Crippen molar-refractivity contribution in [3.63, 3.8) is 0 Å². The zero-order valence-corrected chi connectivity index (χ0v) is 9.25. The number of rotatable bonds is 2. The quantitative estimate of drug-likeness (QED) is 0.781. The molecule has 5 nitrogen and oxygen atoms in total. The first-order valence-electron chi connectivity index (χ1n) is 4.97. The first kappa shape index (κ1) is 10.6. The molecule has 2 aromatic rings. The fraction of sp³-hybridized carbons (Fsp3) is 0.273. The third kappa shape index (κ3) is 1.77. The van der Waals surface area contributed by atoms with Crippen molar-refractivity contribution in [2.75, 3.05) is 5.73 Å². The van der Waals surface area contributed by atoms with E-state index in [1.165, 1.54) is 4.68 Å². The van der Waals surface area contributed by atoms with E-state index in [1.54, 1.807) is 19.4 Å². The van der Waals surface area contributed by atoms with E-state index in [4.69, 9.17) is 5.73 Å². The highest BCUT2D eigenvalue weighted by Crippen LogP contribution is 2.25. The predicted octanol–water partition coefficient (Wildman–Crippen LogP) is 0.787. The number of pyridine rings is 1. The Kier molecular flexibility index (Phi) is 2.62. The van der Waals surface area contributed by atoms with Crippen LogP contribution in [0.4, 0.5) is 5.82 Å². The number of hydrogen-bond donors (Lipinski definition) is 2. The van der Waals surface area contributed by atoms with Crippen molar-refractivity contribution in [2.45, 2.75) is 13.0 Å². The summed E-state index contributed by atoms with van der Waals surface area (Å²) >= 11 is 0. The Hall–Kier alpha value is -1.88. The van der Waals surface area contributed by atoms with Crippen molar-refractivity contribution >= 4 is 5.82 Å². The van der Waals surface area contributed by atoms with Gasteiger partial charge in [0.25, 0.3) is 0 Å². The summed E-state index contributed by atoms with van der Waals surface area (Å²) in [6.07, 6.45) is 2.44. The van der Waals surface area contributed by atoms with Gasteiger partial charge in [-0.2, -0.15) is 5.10 Å². The number of hydrogen-bond acceptors (Lipinski definition) is 4. The molecule has 2 aromatic heterocycles. The van der Waals surface area contributed by atoms with E-state index in [0.717, 1.165) is 5.69 Å². The van der Waals surface area contributed by atoms with Gasteiger partial charge in [-0.3, -0.25) is 9.67 Å². The first-order chi connectivity index (χ1) is 7.59. The minimum Gasteiger partial charge on any atom is -0.384 e. The van der Waals surface area contributed by atoms with Gasteiger partial charge in [-0.15, -0.1) is 0 Å². The average Bonchev–Trinajstić information content (AvgIpc) is 2.60. The second-order valence-electron chi connectivity index (χ2n) is 3.74. The van der Waals surface area contributed by atoms with Gasteiger partial charge < -0.3 is 10.8 Å². The van der Waals surface area contributed by atoms with E-state index >= 15 is 0 Å². The number of nitrogens with two attached hydrogens (primary N) is 1. The summed E-state index contributed by atoms with van der Waals surface area (Å²) in [5, 5.41) is 14.1. The van der Waals surface area contributed by atoms with Gasteiger partial charge in [-0.1, -0.05) is 6.07 Å². The lowest BCUT2D eigenvalue weighted by molar-refractivity contribution is 0.220. The Balaban J connectivity index is 2.35. The highest BCUT2D eigenvalue weighted by Gasteiger charge is 2.16. The van der Waals surface area contributed by atoms with Gasteiger partial charge in [0.05, 0.1) is 6.20 Å². The predicted molar refractivity (Wildman–Crippen MR) is 60.7 cm³/mol. The monoisotopic (exact) mass is 218 g/mol. The van der Waals surface area contributed by atoms with E-state index in [2.05, 4.69) is 10.1 Å². The van der Waals surface area contributed by atoms with Crippen LogP contribution < -0.4 is 5.73 Å². The van der Waals surface area contributed by atoms with Crippen LogP contribution in [-0.4, -0.2) is 19.9 Å². The summed E-state index contributed by atoms with van der Waals surface area (Å²) in [6, 6.07) is 3.69. The molecule has 0 aliphatic rings. The molecule has 0 fully saturated rings. The van der Waals surface area contributed by atoms with Crippen LogP contribution in [0.5, 0.6) is 0 Å². The molecule has 0 saturated heterocycles. The molecule has 2 rings (SSSR count). The molecule has 5 heteroatoms. The Morgan fingerprint density at radius 3 is 2.62 bits per heavy atom. The molecular formula is C11H14N4O. The number of aliphatic hydroxyl groups excluding tert-OH is 1. The molecule has 16 heavy (non-hydrogen) atoms. The fourth-order valence-electron chi connectivity index (χ4n) is 1.50. The van der Waals surface area contributed by atoms with Crippen LogP contribution >= 0.6 is 0 Å². The van der Waals surface area contributed by atoms with Crippen molar-refractivity contribution in [3.8, 4) is 0 Å². The number of nitrogen functional groups attached to an aromatic ring is 1. The molecule has 84 valence electrons. The minimum absolute atomic E-state index is 0.466. The minimum atomic E-state index is -0.776. The Morgan fingerprint density at radius 2 is 2.12 bits per heavy atom. The third-order valence-corrected chi connectivity index (χ3v) is 2.56. The van der Waals surface area contributed by atoms with Gasteiger partial charge in [0.1, 0.15) is 11.9 Å². The van der Waals surface area contributed by atoms with Crippen LogP contribution in [0.1, 0.15) is 22.9 Å². The molecule has 0 radical (unpaired) electrons. The van der Waals surface area contributed by atoms with E-state index in [9.17, 15) is 5.11 Å². The first-order valence-corrected chi connectivity index (χ1v) is 4.97. The summed E-state index contributed by atoms with van der Waals surface area (Å²) in [5.74, 6) is 0.466. The van der Waals surface area contributed by atoms with Gasteiger partial charge in [0.15, 0.2) is 0 Å². The molecule has 2 heterocycles. The smallest absolute Gasteiger partial charge is 0.127 e. The van der Waals surface area contributed by atoms with Crippen LogP contribution in [0, 0.1) is 6.92 Å². The van der Waals surface area contributed by atoms with Crippen molar-refractivity contribution < 1.29 is 5.11 Å². The third-order valence-electron chi connectivity index (χ3n) is 2.56. The molecule has 3 N–H and O–H groups in total. The number of nitrogens with zero attached hydrogens (tertiary/aromatic N) is 3. The lowest BCUT2D eigenvalue weighted by Crippen LogP contribution is -2.05. The lowest BCUT2D eigenvalue weighted by Gasteiger charge is -2.10. The zero-order chi connectivity index (χ0) is 11.7. The van der Waals surface area contributed by atoms with E-state index in [-0.39, 0.29) is 0 Å². The van der Waals surface area contributed by atoms with Crippen LogP contribution in [0.15, 0.2) is 24.5 Å². The van der Waals surface area contributed by atoms with E-state index in [1.807, 2.05) is 19.1 Å². The molecule has 1 unspecified atom stereocenters. The fourth-order valence-corrected chi connectivity index (χ4v) is 1.50. The maximum absolute atomic E-state index is 10.1. The van der Waals surface area contributed by atoms with Gasteiger partial charge in [-0.25, -0.2) is 0 Å². The molecule has 0 aromatic carbocycles. The molecule has 0 aliphatic carbocycles. The van der Waals surface area contributed by atoms with Crippen LogP contribution in [-0.2, 0) is 7.05 Å². The summed E-state index contributed by atoms with van der Waals surface area (Å²) < 4.78 is 1.53. The van der Waals surface area contributed by atoms with Crippen molar-refractivity contribution in [1.29, 1.82) is 0 Å². The van der Waals surface area contributed by atoms with Crippen molar-refractivity contribution in [2.24, 2.45) is 7.05 Å². The van der Waals surface area contributed by atoms with Crippen LogP contribution in [0.2, 0.25) is 0 Å². The molecule has 0 aliphatic heterocycles. The van der Waals surface area contributed by atoms with E-state index in [0.29, 0.717) is 16.9 Å². The molecular weight excluding hydrogens is 204 g/mol. The second kappa shape index (κ2) is 3.94. The average molecular weight is 218 g/mol. The molecule has 0 bridgehead atoms. The summed E-state index contributed by atoms with van der Waals surface area (Å²) in [5.41, 5.74) is 8.02. The van der Waals surface area contributed by atoms with Gasteiger partial charge in [0.2, 0.25) is 0 Å². The SMILES string of the molecule is Cc1ccc(C(O)c2cnn(C)c2N)cn1. The van der Waals surface area contributed by atoms with Gasteiger partial charge in [-0.05, 0) is 13.0 Å². The normalized spacial score (nSPS) is 12.7.